The molecule has 5 nitrogen and oxygen atoms in total. The van der Waals surface area contributed by atoms with Gasteiger partial charge in [-0.1, -0.05) is 0 Å². The molecule has 1 atom stereocenters. The van der Waals surface area contributed by atoms with Gasteiger partial charge in [-0.2, -0.15) is 0 Å². The SMILES string of the molecule is CC(C)Oc1ncccc1C(=O)N[C@H]1CCOC(C)(C)C1. The van der Waals surface area contributed by atoms with Crippen molar-refractivity contribution in [3.63, 3.8) is 0 Å². The molecule has 1 saturated heterocycles. The maximum absolute atomic E-state index is 12.5. The number of amides is 1. The van der Waals surface area contributed by atoms with Crippen LogP contribution in [-0.4, -0.2) is 35.2 Å². The summed E-state index contributed by atoms with van der Waals surface area (Å²) in [5, 5.41) is 3.07. The molecule has 116 valence electrons. The zero-order valence-corrected chi connectivity index (χ0v) is 13.2. The molecule has 1 aromatic rings. The molecule has 0 spiro atoms. The van der Waals surface area contributed by atoms with Crippen LogP contribution in [-0.2, 0) is 4.74 Å². The van der Waals surface area contributed by atoms with E-state index in [0.29, 0.717) is 18.1 Å². The lowest BCUT2D eigenvalue weighted by molar-refractivity contribution is -0.0615. The van der Waals surface area contributed by atoms with Gasteiger partial charge in [-0.05, 0) is 52.7 Å². The van der Waals surface area contributed by atoms with Gasteiger partial charge in [-0.3, -0.25) is 4.79 Å². The van der Waals surface area contributed by atoms with E-state index in [4.69, 9.17) is 9.47 Å². The first-order valence-corrected chi connectivity index (χ1v) is 7.44. The van der Waals surface area contributed by atoms with Crippen molar-refractivity contribution >= 4 is 5.91 Å². The predicted molar refractivity (Wildman–Crippen MR) is 80.5 cm³/mol. The first-order chi connectivity index (χ1) is 9.87. The van der Waals surface area contributed by atoms with Crippen molar-refractivity contribution in [2.45, 2.75) is 58.3 Å². The van der Waals surface area contributed by atoms with Gasteiger partial charge in [0.15, 0.2) is 0 Å². The summed E-state index contributed by atoms with van der Waals surface area (Å²) in [7, 11) is 0. The third-order valence-electron chi connectivity index (χ3n) is 3.40. The molecule has 1 N–H and O–H groups in total. The van der Waals surface area contributed by atoms with Crippen LogP contribution in [0.2, 0.25) is 0 Å². The van der Waals surface area contributed by atoms with Gasteiger partial charge >= 0.3 is 0 Å². The smallest absolute Gasteiger partial charge is 0.256 e. The lowest BCUT2D eigenvalue weighted by Gasteiger charge is -2.35. The molecule has 2 rings (SSSR count). The van der Waals surface area contributed by atoms with E-state index in [9.17, 15) is 4.79 Å². The zero-order valence-electron chi connectivity index (χ0n) is 13.2. The summed E-state index contributed by atoms with van der Waals surface area (Å²) in [6.07, 6.45) is 3.25. The molecule has 0 saturated carbocycles. The lowest BCUT2D eigenvalue weighted by atomic mass is 9.94. The van der Waals surface area contributed by atoms with Gasteiger partial charge in [-0.15, -0.1) is 0 Å². The second-order valence-corrected chi connectivity index (χ2v) is 6.29. The van der Waals surface area contributed by atoms with E-state index >= 15 is 0 Å². The van der Waals surface area contributed by atoms with E-state index in [-0.39, 0.29) is 23.7 Å². The Bertz CT molecular complexity index is 500. The van der Waals surface area contributed by atoms with Crippen LogP contribution in [0.15, 0.2) is 18.3 Å². The first-order valence-electron chi connectivity index (χ1n) is 7.44. The molecule has 1 fully saturated rings. The highest BCUT2D eigenvalue weighted by atomic mass is 16.5. The molecule has 0 aromatic carbocycles. The number of carbonyl (C=O) groups is 1. The summed E-state index contributed by atoms with van der Waals surface area (Å²) >= 11 is 0. The predicted octanol–water partition coefficient (Wildman–Crippen LogP) is 2.56. The molecule has 0 radical (unpaired) electrons. The van der Waals surface area contributed by atoms with Crippen molar-refractivity contribution in [1.82, 2.24) is 10.3 Å². The normalized spacial score (nSPS) is 21.1. The molecule has 1 amide bonds. The highest BCUT2D eigenvalue weighted by molar-refractivity contribution is 5.96. The van der Waals surface area contributed by atoms with E-state index < -0.39 is 0 Å². The van der Waals surface area contributed by atoms with Crippen LogP contribution >= 0.6 is 0 Å². The molecule has 1 aliphatic rings. The number of nitrogens with zero attached hydrogens (tertiary/aromatic N) is 1. The minimum Gasteiger partial charge on any atom is -0.474 e. The van der Waals surface area contributed by atoms with Crippen LogP contribution < -0.4 is 10.1 Å². The highest BCUT2D eigenvalue weighted by Gasteiger charge is 2.30. The average molecular weight is 292 g/mol. The van der Waals surface area contributed by atoms with Gasteiger partial charge in [-0.25, -0.2) is 4.98 Å². The fraction of sp³-hybridized carbons (Fsp3) is 0.625. The molecule has 0 bridgehead atoms. The molecule has 1 aromatic heterocycles. The Morgan fingerprint density at radius 2 is 2.29 bits per heavy atom. The largest absolute Gasteiger partial charge is 0.474 e. The number of aromatic nitrogens is 1. The zero-order chi connectivity index (χ0) is 15.5. The minimum atomic E-state index is -0.192. The Balaban J connectivity index is 2.06. The van der Waals surface area contributed by atoms with E-state index in [0.717, 1.165) is 12.8 Å². The summed E-state index contributed by atoms with van der Waals surface area (Å²) in [4.78, 5) is 16.6. The average Bonchev–Trinajstić information content (AvgIpc) is 2.37. The number of carbonyl (C=O) groups excluding carboxylic acids is 1. The maximum Gasteiger partial charge on any atom is 0.256 e. The van der Waals surface area contributed by atoms with Gasteiger partial charge in [0.05, 0.1) is 11.7 Å². The van der Waals surface area contributed by atoms with Crippen molar-refractivity contribution in [2.24, 2.45) is 0 Å². The van der Waals surface area contributed by atoms with Crippen molar-refractivity contribution in [2.75, 3.05) is 6.61 Å². The Morgan fingerprint density at radius 1 is 1.52 bits per heavy atom. The third-order valence-corrected chi connectivity index (χ3v) is 3.40. The van der Waals surface area contributed by atoms with Crippen LogP contribution in [0.3, 0.4) is 0 Å². The molecule has 0 unspecified atom stereocenters. The second kappa shape index (κ2) is 6.43. The fourth-order valence-corrected chi connectivity index (χ4v) is 2.50. The van der Waals surface area contributed by atoms with Crippen LogP contribution in [0.5, 0.6) is 5.88 Å². The van der Waals surface area contributed by atoms with Crippen molar-refractivity contribution in [3.05, 3.63) is 23.9 Å². The molecule has 21 heavy (non-hydrogen) atoms. The van der Waals surface area contributed by atoms with Gasteiger partial charge < -0.3 is 14.8 Å². The Kier molecular flexibility index (Phi) is 4.83. The number of ether oxygens (including phenoxy) is 2. The molecular weight excluding hydrogens is 268 g/mol. The Morgan fingerprint density at radius 3 is 2.95 bits per heavy atom. The summed E-state index contributed by atoms with van der Waals surface area (Å²) in [6.45, 7) is 8.58. The molecule has 2 heterocycles. The molecule has 5 heteroatoms. The number of rotatable bonds is 4. The number of hydrogen-bond acceptors (Lipinski definition) is 4. The van der Waals surface area contributed by atoms with Gasteiger partial charge in [0.1, 0.15) is 5.56 Å². The second-order valence-electron chi connectivity index (χ2n) is 6.29. The maximum atomic E-state index is 12.5. The number of nitrogens with one attached hydrogen (secondary N) is 1. The quantitative estimate of drug-likeness (QED) is 0.926. The first kappa shape index (κ1) is 15.8. The summed E-state index contributed by atoms with van der Waals surface area (Å²) in [6, 6.07) is 3.61. The fourth-order valence-electron chi connectivity index (χ4n) is 2.50. The topological polar surface area (TPSA) is 60.5 Å². The molecule has 1 aliphatic heterocycles. The van der Waals surface area contributed by atoms with E-state index in [1.807, 2.05) is 27.7 Å². The van der Waals surface area contributed by atoms with Crippen molar-refractivity contribution in [3.8, 4) is 5.88 Å². The van der Waals surface area contributed by atoms with Gasteiger partial charge in [0.2, 0.25) is 5.88 Å². The van der Waals surface area contributed by atoms with Crippen molar-refractivity contribution in [1.29, 1.82) is 0 Å². The monoisotopic (exact) mass is 292 g/mol. The summed E-state index contributed by atoms with van der Waals surface area (Å²) < 4.78 is 11.3. The standard InChI is InChI=1S/C16H24N2O3/c1-11(2)21-15-13(6-5-8-17-15)14(19)18-12-7-9-20-16(3,4)10-12/h5-6,8,11-12H,7,9-10H2,1-4H3,(H,18,19)/t12-/m0/s1. The molecule has 0 aliphatic carbocycles. The lowest BCUT2D eigenvalue weighted by Crippen LogP contribution is -2.45. The van der Waals surface area contributed by atoms with E-state index in [1.54, 1.807) is 18.3 Å². The summed E-state index contributed by atoms with van der Waals surface area (Å²) in [5.74, 6) is 0.248. The minimum absolute atomic E-state index is 0.0199. The Labute approximate surface area is 126 Å². The van der Waals surface area contributed by atoms with Gasteiger partial charge in [0.25, 0.3) is 5.91 Å². The number of hydrogen-bond donors (Lipinski definition) is 1. The van der Waals surface area contributed by atoms with Gasteiger partial charge in [0, 0.05) is 18.8 Å². The molecular formula is C16H24N2O3. The van der Waals surface area contributed by atoms with Crippen molar-refractivity contribution < 1.29 is 14.3 Å². The summed E-state index contributed by atoms with van der Waals surface area (Å²) in [5.41, 5.74) is 0.290. The van der Waals surface area contributed by atoms with E-state index in [1.165, 1.54) is 0 Å². The third kappa shape index (κ3) is 4.43. The van der Waals surface area contributed by atoms with E-state index in [2.05, 4.69) is 10.3 Å². The van der Waals surface area contributed by atoms with Crippen LogP contribution in [0.25, 0.3) is 0 Å². The number of pyridine rings is 1. The highest BCUT2D eigenvalue weighted by Crippen LogP contribution is 2.24. The van der Waals surface area contributed by atoms with Crippen LogP contribution in [0.1, 0.15) is 50.9 Å². The Hall–Kier alpha value is -1.62. The van der Waals surface area contributed by atoms with Crippen LogP contribution in [0.4, 0.5) is 0 Å². The van der Waals surface area contributed by atoms with Crippen LogP contribution in [0, 0.1) is 0 Å².